The van der Waals surface area contributed by atoms with Gasteiger partial charge in [0.2, 0.25) is 0 Å². The van der Waals surface area contributed by atoms with Crippen LogP contribution in [0.5, 0.6) is 0 Å². The minimum atomic E-state index is 0.0552. The van der Waals surface area contributed by atoms with Crippen molar-refractivity contribution in [2.24, 2.45) is 0 Å². The molecule has 0 saturated heterocycles. The minimum absolute atomic E-state index is 0.0552. The largest absolute Gasteiger partial charge is 0.232 e. The number of hydrogen-bond acceptors (Lipinski definition) is 4. The third-order valence-corrected chi connectivity index (χ3v) is 5.70. The fraction of sp³-hybridized carbons (Fsp3) is 0. The smallest absolute Gasteiger partial charge is 0.177 e. The molecule has 0 aliphatic rings. The highest BCUT2D eigenvalue weighted by atomic mass is 14.8. The lowest BCUT2D eigenvalue weighted by Crippen LogP contribution is -1.98. The van der Waals surface area contributed by atoms with E-state index in [2.05, 4.69) is 52.4 Å². The van der Waals surface area contributed by atoms with E-state index in [9.17, 15) is 10.5 Å². The van der Waals surface area contributed by atoms with E-state index in [1.165, 1.54) is 0 Å². The van der Waals surface area contributed by atoms with Crippen LogP contribution < -0.4 is 0 Å². The molecule has 0 spiro atoms. The molecule has 0 atom stereocenters. The molecule has 6 rings (SSSR count). The van der Waals surface area contributed by atoms with Gasteiger partial charge in [-0.2, -0.15) is 10.5 Å². The van der Waals surface area contributed by atoms with Gasteiger partial charge < -0.3 is 0 Å². The maximum absolute atomic E-state index is 9.50. The quantitative estimate of drug-likeness (QED) is 0.240. The second-order valence-electron chi connectivity index (χ2n) is 7.30. The molecule has 0 aliphatic carbocycles. The van der Waals surface area contributed by atoms with Crippen molar-refractivity contribution in [3.63, 3.8) is 0 Å². The Labute approximate surface area is 171 Å². The van der Waals surface area contributed by atoms with Crippen LogP contribution in [0.4, 0.5) is 0 Å². The summed E-state index contributed by atoms with van der Waals surface area (Å²) >= 11 is 0. The first-order valence-corrected chi connectivity index (χ1v) is 9.56. The summed E-state index contributed by atoms with van der Waals surface area (Å²) in [5, 5.41) is 27.5. The number of hydrogen-bond donors (Lipinski definition) is 0. The van der Waals surface area contributed by atoms with Crippen molar-refractivity contribution < 1.29 is 0 Å². The maximum atomic E-state index is 9.50. The second kappa shape index (κ2) is 5.98. The first-order chi connectivity index (χ1) is 14.8. The molecule has 0 unspecified atom stereocenters. The third kappa shape index (κ3) is 2.13. The van der Waals surface area contributed by atoms with Gasteiger partial charge in [0.05, 0.1) is 11.0 Å². The number of fused-ring (bicyclic) bond motifs is 9. The van der Waals surface area contributed by atoms with Crippen LogP contribution in [-0.2, 0) is 0 Å². The number of benzene rings is 5. The zero-order valence-corrected chi connectivity index (χ0v) is 15.7. The summed E-state index contributed by atoms with van der Waals surface area (Å²) in [7, 11) is 0. The number of aromatic nitrogens is 2. The minimum Gasteiger partial charge on any atom is -0.232 e. The normalized spacial score (nSPS) is 11.3. The molecular weight excluding hydrogens is 368 g/mol. The maximum Gasteiger partial charge on any atom is 0.177 e. The Kier molecular flexibility index (Phi) is 3.27. The summed E-state index contributed by atoms with van der Waals surface area (Å²) in [6.45, 7) is 0. The molecule has 0 fully saturated rings. The Morgan fingerprint density at radius 1 is 0.533 bits per heavy atom. The van der Waals surface area contributed by atoms with Gasteiger partial charge in [0.25, 0.3) is 0 Å². The average molecular weight is 380 g/mol. The molecule has 0 saturated carbocycles. The summed E-state index contributed by atoms with van der Waals surface area (Å²) in [6.07, 6.45) is 0. The van der Waals surface area contributed by atoms with Crippen LogP contribution in [-0.4, -0.2) is 9.97 Å². The summed E-state index contributed by atoms with van der Waals surface area (Å²) < 4.78 is 0. The van der Waals surface area contributed by atoms with Crippen molar-refractivity contribution in [1.82, 2.24) is 9.97 Å². The molecule has 0 N–H and O–H groups in total. The summed E-state index contributed by atoms with van der Waals surface area (Å²) in [4.78, 5) is 9.17. The van der Waals surface area contributed by atoms with Gasteiger partial charge in [-0.25, -0.2) is 9.97 Å². The highest BCUT2D eigenvalue weighted by molar-refractivity contribution is 6.31. The Morgan fingerprint density at radius 3 is 1.77 bits per heavy atom. The van der Waals surface area contributed by atoms with E-state index in [4.69, 9.17) is 0 Å². The highest BCUT2D eigenvalue weighted by Crippen LogP contribution is 2.39. The third-order valence-electron chi connectivity index (χ3n) is 5.70. The fourth-order valence-corrected chi connectivity index (χ4v) is 4.37. The van der Waals surface area contributed by atoms with Crippen LogP contribution in [0.25, 0.3) is 54.1 Å². The van der Waals surface area contributed by atoms with Gasteiger partial charge in [-0.3, -0.25) is 0 Å². The SMILES string of the molecule is N#Cc1nc2c3cc4ccccc4cc3c3c4ccccc4ccc3c2nc1C#N. The van der Waals surface area contributed by atoms with E-state index in [1.807, 2.05) is 42.5 Å². The molecule has 30 heavy (non-hydrogen) atoms. The van der Waals surface area contributed by atoms with Gasteiger partial charge in [0.15, 0.2) is 11.4 Å². The first kappa shape index (κ1) is 16.4. The van der Waals surface area contributed by atoms with E-state index in [-0.39, 0.29) is 11.4 Å². The molecule has 0 aliphatic heterocycles. The van der Waals surface area contributed by atoms with Gasteiger partial charge in [0.1, 0.15) is 12.1 Å². The van der Waals surface area contributed by atoms with E-state index in [0.717, 1.165) is 43.1 Å². The lowest BCUT2D eigenvalue weighted by Gasteiger charge is -2.13. The summed E-state index contributed by atoms with van der Waals surface area (Å²) in [5.74, 6) is 0. The van der Waals surface area contributed by atoms with Gasteiger partial charge >= 0.3 is 0 Å². The molecule has 1 heterocycles. The van der Waals surface area contributed by atoms with Gasteiger partial charge in [-0.1, -0.05) is 60.7 Å². The fourth-order valence-electron chi connectivity index (χ4n) is 4.37. The van der Waals surface area contributed by atoms with Gasteiger partial charge in [-0.15, -0.1) is 0 Å². The topological polar surface area (TPSA) is 73.4 Å². The Hall–Kier alpha value is -4.54. The molecule has 6 aromatic rings. The Morgan fingerprint density at radius 2 is 1.10 bits per heavy atom. The first-order valence-electron chi connectivity index (χ1n) is 9.56. The highest BCUT2D eigenvalue weighted by Gasteiger charge is 2.17. The van der Waals surface area contributed by atoms with Crippen molar-refractivity contribution in [2.75, 3.05) is 0 Å². The molecule has 1 aromatic heterocycles. The van der Waals surface area contributed by atoms with Crippen molar-refractivity contribution in [2.45, 2.75) is 0 Å². The predicted molar refractivity (Wildman–Crippen MR) is 119 cm³/mol. The molecule has 0 bridgehead atoms. The second-order valence-corrected chi connectivity index (χ2v) is 7.30. The average Bonchev–Trinajstić information content (AvgIpc) is 2.81. The van der Waals surface area contributed by atoms with Crippen LogP contribution in [0, 0.1) is 22.7 Å². The predicted octanol–water partition coefficient (Wildman–Crippen LogP) is 5.99. The van der Waals surface area contributed by atoms with Crippen LogP contribution in [0.15, 0.2) is 72.8 Å². The Bertz CT molecular complexity index is 1740. The van der Waals surface area contributed by atoms with E-state index in [1.54, 1.807) is 0 Å². The number of nitriles is 2. The molecule has 136 valence electrons. The molecule has 4 nitrogen and oxygen atoms in total. The molecule has 5 aromatic carbocycles. The zero-order chi connectivity index (χ0) is 20.2. The standard InChI is InChI=1S/C26H12N4/c27-13-22-23(14-28)30-26-21-12-17-7-2-1-6-16(17)11-20(21)24-18-8-4-3-5-15(18)9-10-19(24)25(26)29-22/h1-12H. The monoisotopic (exact) mass is 380 g/mol. The lowest BCUT2D eigenvalue weighted by molar-refractivity contribution is 1.21. The van der Waals surface area contributed by atoms with Gasteiger partial charge in [-0.05, 0) is 44.5 Å². The van der Waals surface area contributed by atoms with Crippen LogP contribution in [0.3, 0.4) is 0 Å². The van der Waals surface area contributed by atoms with E-state index in [0.29, 0.717) is 11.0 Å². The van der Waals surface area contributed by atoms with E-state index < -0.39 is 0 Å². The van der Waals surface area contributed by atoms with Crippen molar-refractivity contribution >= 4 is 54.1 Å². The molecule has 0 amide bonds. The van der Waals surface area contributed by atoms with Crippen LogP contribution in [0.1, 0.15) is 11.4 Å². The molecular formula is C26H12N4. The summed E-state index contributed by atoms with van der Waals surface area (Å²) in [5.41, 5.74) is 1.40. The Balaban J connectivity index is 2.00. The number of nitrogens with zero attached hydrogens (tertiary/aromatic N) is 4. The van der Waals surface area contributed by atoms with Gasteiger partial charge in [0, 0.05) is 10.8 Å². The molecule has 0 radical (unpaired) electrons. The van der Waals surface area contributed by atoms with Crippen molar-refractivity contribution in [1.29, 1.82) is 10.5 Å². The lowest BCUT2D eigenvalue weighted by atomic mass is 9.93. The van der Waals surface area contributed by atoms with Crippen LogP contribution >= 0.6 is 0 Å². The van der Waals surface area contributed by atoms with E-state index >= 15 is 0 Å². The van der Waals surface area contributed by atoms with Crippen molar-refractivity contribution in [3.8, 4) is 12.1 Å². The number of rotatable bonds is 0. The van der Waals surface area contributed by atoms with Crippen molar-refractivity contribution in [3.05, 3.63) is 84.2 Å². The summed E-state index contributed by atoms with van der Waals surface area (Å²) in [6, 6.07) is 28.9. The molecule has 4 heteroatoms. The van der Waals surface area contributed by atoms with Crippen LogP contribution in [0.2, 0.25) is 0 Å². The zero-order valence-electron chi connectivity index (χ0n) is 15.7.